The fourth-order valence-corrected chi connectivity index (χ4v) is 1.14. The molecule has 0 aromatic carbocycles. The van der Waals surface area contributed by atoms with Crippen LogP contribution in [0.5, 0.6) is 0 Å². The normalized spacial score (nSPS) is 11.7. The average molecular weight is 696 g/mol. The number of halogens is 12. The summed E-state index contributed by atoms with van der Waals surface area (Å²) >= 11 is 0. The molecule has 2 aromatic heterocycles. The Bertz CT molecular complexity index is 733. The van der Waals surface area contributed by atoms with Gasteiger partial charge in [0.05, 0.1) is 0 Å². The Morgan fingerprint density at radius 3 is 0.718 bits per heavy atom. The molecule has 1 radical (unpaired) electrons. The van der Waals surface area contributed by atoms with Gasteiger partial charge in [0, 0.05) is 60.0 Å². The van der Waals surface area contributed by atoms with Crippen LogP contribution in [-0.2, 0) is 41.5 Å². The first kappa shape index (κ1) is 45.4. The Labute approximate surface area is 233 Å². The van der Waals surface area contributed by atoms with Crippen LogP contribution < -0.4 is 10.2 Å². The molecule has 2 rings (SSSR count). The molecule has 0 N–H and O–H groups in total. The van der Waals surface area contributed by atoms with Gasteiger partial charge in [-0.25, -0.2) is 0 Å². The molecule has 0 aliphatic heterocycles. The first-order valence-corrected chi connectivity index (χ1v) is 19.2. The van der Waals surface area contributed by atoms with E-state index in [9.17, 15) is 52.7 Å². The fraction of sp³-hybridized carbons (Fsp3) is 0.684. The van der Waals surface area contributed by atoms with Gasteiger partial charge in [0.1, 0.15) is 11.4 Å². The zero-order valence-corrected chi connectivity index (χ0v) is 26.4. The van der Waals surface area contributed by atoms with Crippen molar-refractivity contribution in [1.29, 1.82) is 0 Å². The number of alkyl halides is 12. The van der Waals surface area contributed by atoms with E-state index in [1.165, 1.54) is 0 Å². The van der Waals surface area contributed by atoms with Crippen LogP contribution in [0.1, 0.15) is 22.8 Å². The van der Waals surface area contributed by atoms with Crippen molar-refractivity contribution in [2.24, 2.45) is 0 Å². The monoisotopic (exact) mass is 696 g/mol. The Kier molecular flexibility index (Phi) is 22.7. The Morgan fingerprint density at radius 2 is 0.641 bits per heavy atom. The zero-order valence-electron chi connectivity index (χ0n) is 22.3. The Balaban J connectivity index is -0.000000220. The van der Waals surface area contributed by atoms with E-state index in [0.717, 1.165) is 0 Å². The second-order valence-corrected chi connectivity index (χ2v) is 17.7. The van der Waals surface area contributed by atoms with Crippen molar-refractivity contribution in [1.82, 2.24) is 20.4 Å². The van der Waals surface area contributed by atoms with Gasteiger partial charge < -0.3 is 20.4 Å². The maximum atomic E-state index is 11.7. The molecule has 0 saturated heterocycles. The summed E-state index contributed by atoms with van der Waals surface area (Å²) in [5.74, 6) is 0. The van der Waals surface area contributed by atoms with Gasteiger partial charge in [0.2, 0.25) is 0 Å². The van der Waals surface area contributed by atoms with Crippen molar-refractivity contribution in [3.63, 3.8) is 0 Å². The minimum atomic E-state index is -4.89. The first-order valence-electron chi connectivity index (χ1n) is 10.2. The van der Waals surface area contributed by atoms with Crippen molar-refractivity contribution in [3.8, 4) is 0 Å². The molecule has 0 atom stereocenters. The van der Waals surface area contributed by atoms with Gasteiger partial charge in [-0.15, -0.1) is 0 Å². The van der Waals surface area contributed by atoms with Crippen LogP contribution in [0.2, 0.25) is 0 Å². The van der Waals surface area contributed by atoms with Crippen molar-refractivity contribution in [2.45, 2.75) is 24.7 Å². The van der Waals surface area contributed by atoms with Crippen molar-refractivity contribution < 1.29 is 69.5 Å². The molecule has 2 heterocycles. The van der Waals surface area contributed by atoms with Crippen LogP contribution in [0.3, 0.4) is 0 Å². The summed E-state index contributed by atoms with van der Waals surface area (Å²) in [6.45, 7) is 20.4. The van der Waals surface area contributed by atoms with Gasteiger partial charge in [-0.3, -0.25) is 0 Å². The molecule has 0 bridgehead atoms. The molecule has 39 heavy (non-hydrogen) atoms. The summed E-state index contributed by atoms with van der Waals surface area (Å²) in [6.07, 6.45) is -19.6. The number of nitrogens with zero attached hydrogens (tertiary/aromatic N) is 4. The summed E-state index contributed by atoms with van der Waals surface area (Å²) in [7, 11) is 0.361. The van der Waals surface area contributed by atoms with Gasteiger partial charge in [-0.1, -0.05) is 0 Å². The smallest absolute Gasteiger partial charge is 0.571 e. The van der Waals surface area contributed by atoms with E-state index in [-0.39, 0.29) is 52.7 Å². The molecule has 0 aliphatic rings. The molecule has 0 saturated carbocycles. The molecule has 20 heteroatoms. The van der Waals surface area contributed by atoms with E-state index in [2.05, 4.69) is 80.4 Å². The van der Waals surface area contributed by atoms with Gasteiger partial charge in [-0.2, -0.15) is 52.7 Å². The maximum absolute atomic E-state index is 11.7. The maximum Gasteiger partial charge on any atom is 2.00 e. The topological polar surface area (TPSA) is 54.0 Å². The van der Waals surface area contributed by atoms with Gasteiger partial charge in [-0.05, 0) is 47.3 Å². The fourth-order valence-electron chi connectivity index (χ4n) is 1.14. The standard InChI is InChI=1S/2C5HF6N2.3C3H9P.Co/c2*6-4(7,8)2-1-3(13-12-2)5(9,10)11;3*1-4(2)3;/h2*1H;3*1-3H3;/q2*-1;;;;+2/p+3. The van der Waals surface area contributed by atoms with E-state index >= 15 is 0 Å². The van der Waals surface area contributed by atoms with Crippen LogP contribution in [0.15, 0.2) is 12.1 Å². The summed E-state index contributed by atoms with van der Waals surface area (Å²) in [5.41, 5.74) is -6.56. The Hall–Kier alpha value is -0.624. The molecule has 0 fully saturated rings. The van der Waals surface area contributed by atoms with Crippen LogP contribution in [0, 0.1) is 0 Å². The van der Waals surface area contributed by atoms with Crippen LogP contribution in [0.25, 0.3) is 0 Å². The van der Waals surface area contributed by atoms with E-state index in [4.69, 9.17) is 0 Å². The second-order valence-electron chi connectivity index (χ2n) is 8.72. The quantitative estimate of drug-likeness (QED) is 0.213. The molecule has 0 amide bonds. The summed E-state index contributed by atoms with van der Waals surface area (Å²) in [5, 5.41) is 9.44. The van der Waals surface area contributed by atoms with Gasteiger partial charge in [0.25, 0.3) is 0 Å². The number of aromatic nitrogens is 4. The first-order chi connectivity index (χ1) is 16.6. The molecule has 0 aliphatic carbocycles. The number of hydrogen-bond acceptors (Lipinski definition) is 2. The van der Waals surface area contributed by atoms with Crippen LogP contribution >= 0.6 is 23.8 Å². The van der Waals surface area contributed by atoms with Gasteiger partial charge in [0.15, 0.2) is 0 Å². The predicted octanol–water partition coefficient (Wildman–Crippen LogP) is 7.42. The van der Waals surface area contributed by atoms with Crippen molar-refractivity contribution in [2.75, 3.05) is 60.0 Å². The Morgan fingerprint density at radius 1 is 0.462 bits per heavy atom. The largest absolute Gasteiger partial charge is 2.00 e. The number of hydrogen-bond donors (Lipinski definition) is 0. The van der Waals surface area contributed by atoms with Crippen molar-refractivity contribution in [3.05, 3.63) is 34.9 Å². The summed E-state index contributed by atoms with van der Waals surface area (Å²) in [6, 6.07) is -0.278. The van der Waals surface area contributed by atoms with E-state index in [1.807, 2.05) is 0 Å². The predicted molar refractivity (Wildman–Crippen MR) is 133 cm³/mol. The SMILES string of the molecule is C[PH+](C)C.C[PH+](C)C.C[PH+](C)C.FC(F)(F)c1cc(C(F)(F)F)[n-]n1.FC(F)(F)c1cc(C(F)(F)F)[n-]n1.[Co+2]. The molecule has 2 aromatic rings. The van der Waals surface area contributed by atoms with E-state index < -0.39 is 47.5 Å². The molecule has 4 nitrogen and oxygen atoms in total. The average Bonchev–Trinajstić information content (AvgIpc) is 3.30. The third kappa shape index (κ3) is 27.3. The zero-order chi connectivity index (χ0) is 31.3. The van der Waals surface area contributed by atoms with Crippen LogP contribution in [0.4, 0.5) is 52.7 Å². The molecule has 0 unspecified atom stereocenters. The molecule has 233 valence electrons. The third-order valence-corrected chi connectivity index (χ3v) is 2.24. The van der Waals surface area contributed by atoms with Crippen LogP contribution in [-0.4, -0.2) is 70.2 Å². The molecule has 0 spiro atoms. The van der Waals surface area contributed by atoms with E-state index in [1.54, 1.807) is 0 Å². The van der Waals surface area contributed by atoms with E-state index in [0.29, 0.717) is 0 Å². The summed E-state index contributed by atoms with van der Waals surface area (Å²) < 4.78 is 141. The molecular formula is C19H32CoF12N4P3+3. The van der Waals surface area contributed by atoms with Crippen molar-refractivity contribution >= 4 is 23.8 Å². The third-order valence-electron chi connectivity index (χ3n) is 2.24. The molecular weight excluding hydrogens is 664 g/mol. The minimum absolute atomic E-state index is 0. The second kappa shape index (κ2) is 19.5. The number of rotatable bonds is 0. The summed E-state index contributed by atoms with van der Waals surface area (Å²) in [4.78, 5) is 0. The van der Waals surface area contributed by atoms with Gasteiger partial charge >= 0.3 is 41.5 Å². The minimum Gasteiger partial charge on any atom is -0.571 e.